The molecule has 0 saturated carbocycles. The van der Waals surface area contributed by atoms with Gasteiger partial charge in [-0.3, -0.25) is 24.0 Å². The van der Waals surface area contributed by atoms with Crippen LogP contribution in [-0.2, 0) is 30.3 Å². The van der Waals surface area contributed by atoms with Gasteiger partial charge in [0.1, 0.15) is 31.6 Å². The lowest BCUT2D eigenvalue weighted by atomic mass is 10.0. The van der Waals surface area contributed by atoms with Crippen molar-refractivity contribution in [2.24, 2.45) is 0 Å². The zero-order chi connectivity index (χ0) is 30.9. The maximum absolute atomic E-state index is 12.5. The van der Waals surface area contributed by atoms with Crippen molar-refractivity contribution >= 4 is 18.2 Å². The summed E-state index contributed by atoms with van der Waals surface area (Å²) in [4.78, 5) is 65.7. The summed E-state index contributed by atoms with van der Waals surface area (Å²) < 4.78 is 23.0. The van der Waals surface area contributed by atoms with Crippen LogP contribution in [0.3, 0.4) is 0 Å². The van der Waals surface area contributed by atoms with E-state index in [0.717, 1.165) is 24.8 Å². The number of benzene rings is 1. The van der Waals surface area contributed by atoms with Crippen LogP contribution in [0.25, 0.3) is 0 Å². The minimum Gasteiger partial charge on any atom is -0.465 e. The van der Waals surface area contributed by atoms with Crippen LogP contribution in [0.4, 0.5) is 9.59 Å². The normalized spacial score (nSPS) is 21.9. The first-order valence-corrected chi connectivity index (χ1v) is 14.3. The predicted molar refractivity (Wildman–Crippen MR) is 152 cm³/mol. The Bertz CT molecular complexity index is 1380. The largest absolute Gasteiger partial charge is 0.508 e. The average Bonchev–Trinajstić information content (AvgIpc) is 3.36. The van der Waals surface area contributed by atoms with Crippen LogP contribution in [0.1, 0.15) is 50.0 Å². The molecule has 4 atom stereocenters. The number of carboxylic acid groups (broad SMARTS) is 1. The van der Waals surface area contributed by atoms with Crippen molar-refractivity contribution < 1.29 is 38.4 Å². The Balaban J connectivity index is 1.32. The van der Waals surface area contributed by atoms with Crippen LogP contribution in [0.15, 0.2) is 46.1 Å². The summed E-state index contributed by atoms with van der Waals surface area (Å²) in [6.07, 6.45) is -0.400. The first kappa shape index (κ1) is 31.8. The summed E-state index contributed by atoms with van der Waals surface area (Å²) in [6.45, 7) is 4.37. The number of ether oxygens (including phenoxy) is 4. The van der Waals surface area contributed by atoms with E-state index >= 15 is 0 Å². The Labute approximate surface area is 248 Å². The van der Waals surface area contributed by atoms with Crippen molar-refractivity contribution in [2.75, 3.05) is 32.8 Å². The highest BCUT2D eigenvalue weighted by atomic mass is 16.7. The molecule has 0 bridgehead atoms. The molecular formula is C29H38N4O10. The number of nitrogens with zero attached hydrogens (tertiary/aromatic N) is 3. The molecule has 3 heterocycles. The van der Waals surface area contributed by atoms with E-state index in [2.05, 4.69) is 9.88 Å². The molecule has 1 unspecified atom stereocenters. The van der Waals surface area contributed by atoms with Gasteiger partial charge in [0.25, 0.3) is 5.56 Å². The minimum atomic E-state index is -0.949. The minimum absolute atomic E-state index is 0.000961. The van der Waals surface area contributed by atoms with E-state index in [4.69, 9.17) is 18.9 Å². The molecule has 2 saturated heterocycles. The van der Waals surface area contributed by atoms with Crippen LogP contribution in [0, 0.1) is 6.92 Å². The van der Waals surface area contributed by atoms with Crippen LogP contribution in [-0.4, -0.2) is 93.8 Å². The Morgan fingerprint density at radius 3 is 2.63 bits per heavy atom. The number of piperidine rings is 1. The molecule has 2 fully saturated rings. The van der Waals surface area contributed by atoms with Crippen LogP contribution < -0.4 is 11.2 Å². The first-order chi connectivity index (χ1) is 20.6. The number of H-pyrrole nitrogens is 1. The van der Waals surface area contributed by atoms with Crippen LogP contribution >= 0.6 is 0 Å². The molecule has 2 aliphatic heterocycles. The fraction of sp³-hybridized carbons (Fsp3) is 0.552. The number of likely N-dealkylation sites (tertiary alicyclic amines) is 1. The molecule has 14 heteroatoms. The standard InChI is InChI=1S/C29H38N4O10/c1-19-15-33(27(36)30-26(19)35)25-14-23(42-20(2)34)24(43-25)18-41-29(39)40-13-12-31(16-21-8-4-3-5-9-21)17-22-10-6-7-11-32(22)28(37)38/h3-5,8-9,15,22-25H,6-7,10-14,16-18H2,1-2H3,(H,37,38)(H,30,35,36)/t22?,23-,24+,25+/m0/s1. The van der Waals surface area contributed by atoms with Gasteiger partial charge in [0.05, 0.1) is 0 Å². The Hall–Kier alpha value is -4.17. The molecule has 2 aromatic rings. The maximum atomic E-state index is 12.5. The molecule has 0 aliphatic carbocycles. The van der Waals surface area contributed by atoms with Gasteiger partial charge in [0.2, 0.25) is 0 Å². The van der Waals surface area contributed by atoms with Crippen LogP contribution in [0.2, 0.25) is 0 Å². The van der Waals surface area contributed by atoms with E-state index in [1.54, 1.807) is 6.92 Å². The van der Waals surface area contributed by atoms with Crippen molar-refractivity contribution in [3.63, 3.8) is 0 Å². The number of aryl methyl sites for hydroxylation is 1. The number of rotatable bonds is 11. The molecule has 2 N–H and O–H groups in total. The Morgan fingerprint density at radius 1 is 1.14 bits per heavy atom. The van der Waals surface area contributed by atoms with Crippen molar-refractivity contribution in [3.8, 4) is 0 Å². The molecule has 14 nitrogen and oxygen atoms in total. The molecule has 4 rings (SSSR count). The number of carbonyl (C=O) groups excluding carboxylic acids is 2. The van der Waals surface area contributed by atoms with E-state index in [1.165, 1.54) is 22.6 Å². The van der Waals surface area contributed by atoms with Crippen molar-refractivity contribution in [3.05, 3.63) is 68.5 Å². The van der Waals surface area contributed by atoms with Gasteiger partial charge in [-0.1, -0.05) is 30.3 Å². The van der Waals surface area contributed by atoms with Gasteiger partial charge >= 0.3 is 23.9 Å². The second-order valence-corrected chi connectivity index (χ2v) is 10.7. The molecule has 234 valence electrons. The SMILES string of the molecule is CC(=O)O[C@H]1C[C@H](n2cc(C)c(=O)[nH]c2=O)O[C@@H]1COC(=O)OCCN(Cc1ccccc1)CC1CCCCN1C(=O)O. The number of hydrogen-bond acceptors (Lipinski definition) is 10. The third-order valence-electron chi connectivity index (χ3n) is 7.54. The van der Waals surface area contributed by atoms with Gasteiger partial charge in [-0.05, 0) is 31.7 Å². The van der Waals surface area contributed by atoms with E-state index in [0.29, 0.717) is 31.7 Å². The van der Waals surface area contributed by atoms with Gasteiger partial charge in [-0.15, -0.1) is 0 Å². The van der Waals surface area contributed by atoms with Crippen molar-refractivity contribution in [1.29, 1.82) is 0 Å². The Kier molecular flexibility index (Phi) is 11.0. The number of aromatic nitrogens is 2. The van der Waals surface area contributed by atoms with Gasteiger partial charge < -0.3 is 29.0 Å². The maximum Gasteiger partial charge on any atom is 0.508 e. The summed E-state index contributed by atoms with van der Waals surface area (Å²) >= 11 is 0. The molecule has 1 aromatic heterocycles. The lowest BCUT2D eigenvalue weighted by molar-refractivity contribution is -0.150. The average molecular weight is 603 g/mol. The third kappa shape index (κ3) is 8.91. The lowest BCUT2D eigenvalue weighted by Crippen LogP contribution is -2.49. The molecule has 2 aliphatic rings. The lowest BCUT2D eigenvalue weighted by Gasteiger charge is -2.37. The Morgan fingerprint density at radius 2 is 1.91 bits per heavy atom. The number of carbonyl (C=O) groups is 3. The van der Waals surface area contributed by atoms with Gasteiger partial charge in [-0.2, -0.15) is 0 Å². The van der Waals surface area contributed by atoms with E-state index in [9.17, 15) is 29.1 Å². The van der Waals surface area contributed by atoms with Crippen LogP contribution in [0.5, 0.6) is 0 Å². The summed E-state index contributed by atoms with van der Waals surface area (Å²) in [5.74, 6) is -0.565. The first-order valence-electron chi connectivity index (χ1n) is 14.3. The highest BCUT2D eigenvalue weighted by molar-refractivity contribution is 5.66. The topological polar surface area (TPSA) is 170 Å². The van der Waals surface area contributed by atoms with E-state index in [-0.39, 0.29) is 25.7 Å². The molecule has 43 heavy (non-hydrogen) atoms. The molecule has 1 aromatic carbocycles. The van der Waals surface area contributed by atoms with Gasteiger partial charge in [0.15, 0.2) is 0 Å². The highest BCUT2D eigenvalue weighted by Gasteiger charge is 2.40. The smallest absolute Gasteiger partial charge is 0.465 e. The van der Waals surface area contributed by atoms with Crippen molar-refractivity contribution in [2.45, 2.75) is 70.6 Å². The number of hydrogen-bond donors (Lipinski definition) is 2. The summed E-state index contributed by atoms with van der Waals surface area (Å²) in [5.41, 5.74) is 0.154. The fourth-order valence-corrected chi connectivity index (χ4v) is 5.43. The summed E-state index contributed by atoms with van der Waals surface area (Å²) in [5, 5.41) is 9.65. The predicted octanol–water partition coefficient (Wildman–Crippen LogP) is 2.25. The highest BCUT2D eigenvalue weighted by Crippen LogP contribution is 2.30. The number of esters is 1. The number of aromatic amines is 1. The zero-order valence-corrected chi connectivity index (χ0v) is 24.3. The van der Waals surface area contributed by atoms with Gasteiger partial charge in [-0.25, -0.2) is 14.4 Å². The molecule has 0 spiro atoms. The zero-order valence-electron chi connectivity index (χ0n) is 24.3. The van der Waals surface area contributed by atoms with E-state index < -0.39 is 47.9 Å². The van der Waals surface area contributed by atoms with Gasteiger partial charge in [0, 0.05) is 57.3 Å². The van der Waals surface area contributed by atoms with Crippen molar-refractivity contribution in [1.82, 2.24) is 19.4 Å². The number of amides is 1. The molecule has 0 radical (unpaired) electrons. The van der Waals surface area contributed by atoms with E-state index in [1.807, 2.05) is 30.3 Å². The second kappa shape index (κ2) is 14.8. The fourth-order valence-electron chi connectivity index (χ4n) is 5.43. The second-order valence-electron chi connectivity index (χ2n) is 10.7. The quantitative estimate of drug-likeness (QED) is 0.362. The summed E-state index contributed by atoms with van der Waals surface area (Å²) in [6, 6.07) is 9.58. The molecule has 1 amide bonds. The monoisotopic (exact) mass is 602 g/mol. The number of nitrogens with one attached hydrogen (secondary N) is 1. The summed E-state index contributed by atoms with van der Waals surface area (Å²) in [7, 11) is 0. The molecular weight excluding hydrogens is 564 g/mol. The third-order valence-corrected chi connectivity index (χ3v) is 7.54.